The lowest BCUT2D eigenvalue weighted by Crippen LogP contribution is -2.36. The third-order valence-corrected chi connectivity index (χ3v) is 4.38. The molecule has 1 amide bonds. The number of nitrogens with one attached hydrogen (secondary N) is 2. The molecule has 1 aliphatic carbocycles. The van der Waals surface area contributed by atoms with E-state index in [1.165, 1.54) is 51.7 Å². The van der Waals surface area contributed by atoms with Crippen molar-refractivity contribution in [3.8, 4) is 0 Å². The molecule has 1 atom stereocenters. The van der Waals surface area contributed by atoms with E-state index >= 15 is 0 Å². The molecule has 0 aromatic rings. The summed E-state index contributed by atoms with van der Waals surface area (Å²) in [5, 5.41) is 6.23. The Kier molecular flexibility index (Phi) is 12.4. The highest BCUT2D eigenvalue weighted by molar-refractivity contribution is 5.85. The van der Waals surface area contributed by atoms with Gasteiger partial charge in [-0.2, -0.15) is 0 Å². The molecule has 0 bridgehead atoms. The number of halogens is 2. The molecule has 2 fully saturated rings. The van der Waals surface area contributed by atoms with Gasteiger partial charge in [0.2, 0.25) is 5.91 Å². The first-order valence-electron chi connectivity index (χ1n) is 8.44. The maximum atomic E-state index is 11.6. The summed E-state index contributed by atoms with van der Waals surface area (Å²) in [5.41, 5.74) is 0. The summed E-state index contributed by atoms with van der Waals surface area (Å²) < 4.78 is 0. The number of rotatable bonds is 9. The van der Waals surface area contributed by atoms with Gasteiger partial charge in [-0.1, -0.05) is 6.92 Å². The first-order chi connectivity index (χ1) is 9.74. The molecule has 132 valence electrons. The summed E-state index contributed by atoms with van der Waals surface area (Å²) in [7, 11) is 0. The van der Waals surface area contributed by atoms with Crippen LogP contribution >= 0.6 is 24.8 Å². The number of amides is 1. The second-order valence-electron chi connectivity index (χ2n) is 6.68. The van der Waals surface area contributed by atoms with Crippen LogP contribution in [0.4, 0.5) is 0 Å². The number of unbranched alkanes of at least 4 members (excludes halogenated alkanes) is 1. The molecule has 1 saturated carbocycles. The molecular formula is C16H33Cl2N3O. The summed E-state index contributed by atoms with van der Waals surface area (Å²) in [6.45, 7) is 8.40. The Morgan fingerprint density at radius 3 is 2.64 bits per heavy atom. The maximum absolute atomic E-state index is 11.6. The number of carbonyl (C=O) groups excluding carboxylic acids is 1. The van der Waals surface area contributed by atoms with Crippen LogP contribution in [0.3, 0.4) is 0 Å². The minimum atomic E-state index is 0. The highest BCUT2D eigenvalue weighted by Crippen LogP contribution is 2.27. The van der Waals surface area contributed by atoms with Gasteiger partial charge in [0.1, 0.15) is 0 Å². The van der Waals surface area contributed by atoms with Crippen LogP contribution in [0.25, 0.3) is 0 Å². The monoisotopic (exact) mass is 353 g/mol. The van der Waals surface area contributed by atoms with Crippen molar-refractivity contribution >= 4 is 30.7 Å². The molecule has 0 aromatic carbocycles. The number of hydrogen-bond donors (Lipinski definition) is 2. The maximum Gasteiger partial charge on any atom is 0.233 e. The molecule has 2 rings (SSSR count). The Bertz CT molecular complexity index is 301. The van der Waals surface area contributed by atoms with Gasteiger partial charge in [-0.05, 0) is 70.0 Å². The van der Waals surface area contributed by atoms with E-state index in [-0.39, 0.29) is 30.7 Å². The average molecular weight is 354 g/mol. The minimum absolute atomic E-state index is 0. The van der Waals surface area contributed by atoms with Gasteiger partial charge in [-0.25, -0.2) is 0 Å². The number of piperidine rings is 1. The van der Waals surface area contributed by atoms with Crippen molar-refractivity contribution < 1.29 is 4.79 Å². The normalized spacial score (nSPS) is 21.6. The molecule has 1 unspecified atom stereocenters. The van der Waals surface area contributed by atoms with E-state index in [4.69, 9.17) is 0 Å². The van der Waals surface area contributed by atoms with Crippen LogP contribution in [0.15, 0.2) is 0 Å². The summed E-state index contributed by atoms with van der Waals surface area (Å²) in [4.78, 5) is 14.1. The van der Waals surface area contributed by atoms with Crippen LogP contribution in [-0.2, 0) is 4.79 Å². The summed E-state index contributed by atoms with van der Waals surface area (Å²) in [5.74, 6) is 1.85. The van der Waals surface area contributed by atoms with E-state index in [0.717, 1.165) is 31.3 Å². The summed E-state index contributed by atoms with van der Waals surface area (Å²) in [6, 6.07) is 0. The number of nitrogens with zero attached hydrogens (tertiary/aromatic N) is 1. The topological polar surface area (TPSA) is 44.4 Å². The molecular weight excluding hydrogens is 321 g/mol. The van der Waals surface area contributed by atoms with Crippen LogP contribution in [0, 0.1) is 11.8 Å². The van der Waals surface area contributed by atoms with Gasteiger partial charge in [0.25, 0.3) is 0 Å². The van der Waals surface area contributed by atoms with Crippen molar-refractivity contribution in [2.24, 2.45) is 11.8 Å². The smallest absolute Gasteiger partial charge is 0.233 e. The third-order valence-electron chi connectivity index (χ3n) is 4.38. The van der Waals surface area contributed by atoms with E-state index in [1.54, 1.807) is 0 Å². The highest BCUT2D eigenvalue weighted by Gasteiger charge is 2.20. The third kappa shape index (κ3) is 9.88. The lowest BCUT2D eigenvalue weighted by Gasteiger charge is -2.30. The second kappa shape index (κ2) is 12.4. The van der Waals surface area contributed by atoms with Gasteiger partial charge >= 0.3 is 0 Å². The SMILES string of the molecule is CC1CCCN(CCCCNC(=O)CNCC2CC2)C1.Cl.Cl. The van der Waals surface area contributed by atoms with Gasteiger partial charge in [0.05, 0.1) is 6.54 Å². The van der Waals surface area contributed by atoms with Gasteiger partial charge in [-0.15, -0.1) is 24.8 Å². The Hall–Kier alpha value is -0.0300. The van der Waals surface area contributed by atoms with Crippen molar-refractivity contribution in [1.82, 2.24) is 15.5 Å². The van der Waals surface area contributed by atoms with Gasteiger partial charge in [0, 0.05) is 13.1 Å². The predicted octanol–water partition coefficient (Wildman–Crippen LogP) is 2.46. The van der Waals surface area contributed by atoms with E-state index < -0.39 is 0 Å². The molecule has 0 radical (unpaired) electrons. The zero-order valence-corrected chi connectivity index (χ0v) is 15.4. The van der Waals surface area contributed by atoms with Crippen LogP contribution in [0.2, 0.25) is 0 Å². The molecule has 0 aromatic heterocycles. The molecule has 22 heavy (non-hydrogen) atoms. The fourth-order valence-corrected chi connectivity index (χ4v) is 2.95. The van der Waals surface area contributed by atoms with E-state index in [0.29, 0.717) is 6.54 Å². The quantitative estimate of drug-likeness (QED) is 0.625. The van der Waals surface area contributed by atoms with Gasteiger partial charge < -0.3 is 15.5 Å². The Morgan fingerprint density at radius 2 is 1.95 bits per heavy atom. The molecule has 0 spiro atoms. The zero-order chi connectivity index (χ0) is 14.2. The lowest BCUT2D eigenvalue weighted by atomic mass is 10.0. The highest BCUT2D eigenvalue weighted by atomic mass is 35.5. The largest absolute Gasteiger partial charge is 0.355 e. The zero-order valence-electron chi connectivity index (χ0n) is 13.8. The van der Waals surface area contributed by atoms with E-state index in [9.17, 15) is 4.79 Å². The Labute approximate surface area is 148 Å². The van der Waals surface area contributed by atoms with Crippen LogP contribution < -0.4 is 10.6 Å². The Morgan fingerprint density at radius 1 is 1.18 bits per heavy atom. The fraction of sp³-hybridized carbons (Fsp3) is 0.938. The molecule has 6 heteroatoms. The van der Waals surface area contributed by atoms with Crippen LogP contribution in [-0.4, -0.2) is 50.1 Å². The number of carbonyl (C=O) groups is 1. The Balaban J connectivity index is 0.00000220. The van der Waals surface area contributed by atoms with Crippen LogP contribution in [0.5, 0.6) is 0 Å². The van der Waals surface area contributed by atoms with E-state index in [2.05, 4.69) is 22.5 Å². The molecule has 1 aliphatic heterocycles. The van der Waals surface area contributed by atoms with Crippen molar-refractivity contribution in [2.75, 3.05) is 39.3 Å². The summed E-state index contributed by atoms with van der Waals surface area (Å²) in [6.07, 6.45) is 7.71. The summed E-state index contributed by atoms with van der Waals surface area (Å²) >= 11 is 0. The van der Waals surface area contributed by atoms with Crippen molar-refractivity contribution in [3.63, 3.8) is 0 Å². The second-order valence-corrected chi connectivity index (χ2v) is 6.68. The molecule has 1 heterocycles. The number of hydrogen-bond acceptors (Lipinski definition) is 3. The van der Waals surface area contributed by atoms with Crippen molar-refractivity contribution in [2.45, 2.75) is 45.4 Å². The molecule has 1 saturated heterocycles. The lowest BCUT2D eigenvalue weighted by molar-refractivity contribution is -0.120. The van der Waals surface area contributed by atoms with Crippen molar-refractivity contribution in [1.29, 1.82) is 0 Å². The molecule has 4 nitrogen and oxygen atoms in total. The molecule has 2 aliphatic rings. The minimum Gasteiger partial charge on any atom is -0.355 e. The van der Waals surface area contributed by atoms with Crippen molar-refractivity contribution in [3.05, 3.63) is 0 Å². The first kappa shape index (κ1) is 22.0. The fourth-order valence-electron chi connectivity index (χ4n) is 2.95. The number of likely N-dealkylation sites (tertiary alicyclic amines) is 1. The van der Waals surface area contributed by atoms with E-state index in [1.807, 2.05) is 0 Å². The predicted molar refractivity (Wildman–Crippen MR) is 97.2 cm³/mol. The average Bonchev–Trinajstić information content (AvgIpc) is 3.22. The van der Waals surface area contributed by atoms with Gasteiger partial charge in [-0.3, -0.25) is 4.79 Å². The standard InChI is InChI=1S/C16H31N3O.2ClH/c1-14-5-4-10-19(13-14)9-3-2-8-18-16(20)12-17-11-15-6-7-15;;/h14-15,17H,2-13H2,1H3,(H,18,20);2*1H. The van der Waals surface area contributed by atoms with Crippen LogP contribution in [0.1, 0.15) is 45.4 Å². The first-order valence-corrected chi connectivity index (χ1v) is 8.44. The van der Waals surface area contributed by atoms with Gasteiger partial charge in [0.15, 0.2) is 0 Å². The molecule has 2 N–H and O–H groups in total.